The molecule has 80 valence electrons. The molecule has 5 heteroatoms. The molecule has 0 radical (unpaired) electrons. The van der Waals surface area contributed by atoms with Gasteiger partial charge in [-0.25, -0.2) is 9.67 Å². The molecule has 0 unspecified atom stereocenters. The standard InChI is InChI=1S/C10H15N5/c1-7(2)9-8(11)10(14(3)13-9)15-5-4-12-6-15/h4-7H,11H2,1-3H3. The summed E-state index contributed by atoms with van der Waals surface area (Å²) in [5.41, 5.74) is 7.72. The highest BCUT2D eigenvalue weighted by molar-refractivity contribution is 5.58. The van der Waals surface area contributed by atoms with Gasteiger partial charge in [-0.2, -0.15) is 5.10 Å². The van der Waals surface area contributed by atoms with Crippen LogP contribution in [0.25, 0.3) is 5.82 Å². The monoisotopic (exact) mass is 205 g/mol. The van der Waals surface area contributed by atoms with Crippen LogP contribution in [-0.2, 0) is 7.05 Å². The second-order valence-electron chi connectivity index (χ2n) is 3.87. The van der Waals surface area contributed by atoms with Gasteiger partial charge in [-0.15, -0.1) is 0 Å². The summed E-state index contributed by atoms with van der Waals surface area (Å²) in [5, 5.41) is 4.41. The van der Waals surface area contributed by atoms with Crippen molar-refractivity contribution in [1.82, 2.24) is 19.3 Å². The van der Waals surface area contributed by atoms with Crippen molar-refractivity contribution < 1.29 is 0 Å². The molecule has 0 bridgehead atoms. The number of aryl methyl sites for hydroxylation is 1. The van der Waals surface area contributed by atoms with Crippen LogP contribution in [0.15, 0.2) is 18.7 Å². The number of nitrogens with zero attached hydrogens (tertiary/aromatic N) is 4. The average Bonchev–Trinajstić information content (AvgIpc) is 2.73. The maximum atomic E-state index is 6.06. The van der Waals surface area contributed by atoms with E-state index in [-0.39, 0.29) is 0 Å². The van der Waals surface area contributed by atoms with Crippen molar-refractivity contribution in [2.45, 2.75) is 19.8 Å². The number of imidazole rings is 1. The summed E-state index contributed by atoms with van der Waals surface area (Å²) in [6.45, 7) is 4.16. The second-order valence-corrected chi connectivity index (χ2v) is 3.87. The highest BCUT2D eigenvalue weighted by Gasteiger charge is 2.16. The number of hydrogen-bond acceptors (Lipinski definition) is 3. The van der Waals surface area contributed by atoms with Crippen LogP contribution in [0.3, 0.4) is 0 Å². The van der Waals surface area contributed by atoms with E-state index in [1.54, 1.807) is 17.2 Å². The highest BCUT2D eigenvalue weighted by atomic mass is 15.3. The van der Waals surface area contributed by atoms with E-state index in [9.17, 15) is 0 Å². The Bertz CT molecular complexity index is 452. The van der Waals surface area contributed by atoms with Gasteiger partial charge in [0.2, 0.25) is 0 Å². The molecule has 0 aliphatic rings. The molecule has 0 spiro atoms. The predicted molar refractivity (Wildman–Crippen MR) is 58.8 cm³/mol. The zero-order valence-corrected chi connectivity index (χ0v) is 9.18. The van der Waals surface area contributed by atoms with E-state index in [4.69, 9.17) is 5.73 Å². The maximum absolute atomic E-state index is 6.06. The molecule has 5 nitrogen and oxygen atoms in total. The first-order valence-electron chi connectivity index (χ1n) is 4.92. The van der Waals surface area contributed by atoms with Crippen molar-refractivity contribution >= 4 is 5.69 Å². The lowest BCUT2D eigenvalue weighted by atomic mass is 10.1. The van der Waals surface area contributed by atoms with E-state index in [0.29, 0.717) is 5.92 Å². The fraction of sp³-hybridized carbons (Fsp3) is 0.400. The fourth-order valence-electron chi connectivity index (χ4n) is 1.67. The zero-order valence-electron chi connectivity index (χ0n) is 9.18. The van der Waals surface area contributed by atoms with Crippen molar-refractivity contribution in [1.29, 1.82) is 0 Å². The van der Waals surface area contributed by atoms with E-state index in [1.807, 2.05) is 17.8 Å². The molecule has 0 aliphatic heterocycles. The van der Waals surface area contributed by atoms with Crippen molar-refractivity contribution in [3.63, 3.8) is 0 Å². The van der Waals surface area contributed by atoms with Gasteiger partial charge in [0, 0.05) is 19.4 Å². The number of rotatable bonds is 2. The van der Waals surface area contributed by atoms with Gasteiger partial charge < -0.3 is 5.73 Å². The van der Waals surface area contributed by atoms with Crippen molar-refractivity contribution in [3.8, 4) is 5.82 Å². The van der Waals surface area contributed by atoms with Crippen LogP contribution in [0.2, 0.25) is 0 Å². The zero-order chi connectivity index (χ0) is 11.0. The Kier molecular flexibility index (Phi) is 2.22. The summed E-state index contributed by atoms with van der Waals surface area (Å²) in [6, 6.07) is 0. The van der Waals surface area contributed by atoms with Gasteiger partial charge in [0.25, 0.3) is 0 Å². The topological polar surface area (TPSA) is 61.7 Å². The van der Waals surface area contributed by atoms with Crippen molar-refractivity contribution in [2.75, 3.05) is 5.73 Å². The van der Waals surface area contributed by atoms with Crippen molar-refractivity contribution in [2.24, 2.45) is 7.05 Å². The van der Waals surface area contributed by atoms with E-state index >= 15 is 0 Å². The van der Waals surface area contributed by atoms with Gasteiger partial charge in [0.1, 0.15) is 6.33 Å². The molecule has 2 aromatic heterocycles. The molecule has 0 saturated heterocycles. The predicted octanol–water partition coefficient (Wildman–Crippen LogP) is 1.31. The Morgan fingerprint density at radius 1 is 1.40 bits per heavy atom. The average molecular weight is 205 g/mol. The second kappa shape index (κ2) is 3.42. The third kappa shape index (κ3) is 1.49. The van der Waals surface area contributed by atoms with Crippen LogP contribution in [0.1, 0.15) is 25.5 Å². The highest BCUT2D eigenvalue weighted by Crippen LogP contribution is 2.26. The first kappa shape index (κ1) is 9.76. The molecule has 0 saturated carbocycles. The first-order valence-corrected chi connectivity index (χ1v) is 4.92. The summed E-state index contributed by atoms with van der Waals surface area (Å²) in [6.07, 6.45) is 5.30. The molecule has 0 fully saturated rings. The summed E-state index contributed by atoms with van der Waals surface area (Å²) in [7, 11) is 1.89. The van der Waals surface area contributed by atoms with Crippen LogP contribution in [0.4, 0.5) is 5.69 Å². The molecule has 0 aromatic carbocycles. The van der Waals surface area contributed by atoms with Gasteiger partial charge in [-0.3, -0.25) is 4.57 Å². The number of anilines is 1. The van der Waals surface area contributed by atoms with Crippen molar-refractivity contribution in [3.05, 3.63) is 24.4 Å². The Hall–Kier alpha value is -1.78. The molecule has 2 aromatic rings. The molecule has 0 atom stereocenters. The molecule has 15 heavy (non-hydrogen) atoms. The largest absolute Gasteiger partial charge is 0.394 e. The number of nitrogens with two attached hydrogens (primary N) is 1. The SMILES string of the molecule is CC(C)c1nn(C)c(-n2ccnc2)c1N. The van der Waals surface area contributed by atoms with Gasteiger partial charge in [-0.05, 0) is 5.92 Å². The first-order chi connectivity index (χ1) is 7.11. The Morgan fingerprint density at radius 3 is 2.60 bits per heavy atom. The Morgan fingerprint density at radius 2 is 2.13 bits per heavy atom. The van der Waals surface area contributed by atoms with Gasteiger partial charge in [-0.1, -0.05) is 13.8 Å². The molecule has 0 amide bonds. The van der Waals surface area contributed by atoms with Crippen LogP contribution in [0, 0.1) is 0 Å². The lowest BCUT2D eigenvalue weighted by molar-refractivity contribution is 0.694. The lowest BCUT2D eigenvalue weighted by Crippen LogP contribution is -2.02. The molecule has 2 heterocycles. The Labute approximate surface area is 88.5 Å². The van der Waals surface area contributed by atoms with Gasteiger partial charge in [0.05, 0.1) is 11.4 Å². The summed E-state index contributed by atoms with van der Waals surface area (Å²) < 4.78 is 3.65. The number of nitrogen functional groups attached to an aromatic ring is 1. The fourth-order valence-corrected chi connectivity index (χ4v) is 1.67. The normalized spacial score (nSPS) is 11.2. The van der Waals surface area contributed by atoms with Gasteiger partial charge >= 0.3 is 0 Å². The Balaban J connectivity index is 2.58. The van der Waals surface area contributed by atoms with E-state index in [2.05, 4.69) is 23.9 Å². The summed E-state index contributed by atoms with van der Waals surface area (Å²) in [5.74, 6) is 1.20. The maximum Gasteiger partial charge on any atom is 0.159 e. The molecule has 2 rings (SSSR count). The minimum absolute atomic E-state index is 0.327. The van der Waals surface area contributed by atoms with Crippen LogP contribution in [0.5, 0.6) is 0 Å². The van der Waals surface area contributed by atoms with E-state index < -0.39 is 0 Å². The minimum Gasteiger partial charge on any atom is -0.394 e. The van der Waals surface area contributed by atoms with E-state index in [0.717, 1.165) is 17.2 Å². The van der Waals surface area contributed by atoms with Crippen LogP contribution < -0.4 is 5.73 Å². The summed E-state index contributed by atoms with van der Waals surface area (Å²) in [4.78, 5) is 4.00. The van der Waals surface area contributed by atoms with Gasteiger partial charge in [0.15, 0.2) is 5.82 Å². The lowest BCUT2D eigenvalue weighted by Gasteiger charge is -2.03. The molecular weight excluding hydrogens is 190 g/mol. The smallest absolute Gasteiger partial charge is 0.159 e. The molecule has 0 aliphatic carbocycles. The third-order valence-electron chi connectivity index (χ3n) is 2.38. The molecule has 2 N–H and O–H groups in total. The summed E-state index contributed by atoms with van der Waals surface area (Å²) >= 11 is 0. The van der Waals surface area contributed by atoms with Crippen LogP contribution >= 0.6 is 0 Å². The van der Waals surface area contributed by atoms with E-state index in [1.165, 1.54) is 0 Å². The number of aromatic nitrogens is 4. The third-order valence-corrected chi connectivity index (χ3v) is 2.38. The molecular formula is C10H15N5. The minimum atomic E-state index is 0.327. The number of hydrogen-bond donors (Lipinski definition) is 1. The van der Waals surface area contributed by atoms with Crippen LogP contribution in [-0.4, -0.2) is 19.3 Å². The quantitative estimate of drug-likeness (QED) is 0.804.